The highest BCUT2D eigenvalue weighted by Crippen LogP contribution is 2.28. The van der Waals surface area contributed by atoms with Crippen LogP contribution in [-0.2, 0) is 37.2 Å². The number of rotatable bonds is 9. The van der Waals surface area contributed by atoms with E-state index in [1.807, 2.05) is 0 Å². The Morgan fingerprint density at radius 2 is 1.61 bits per heavy atom. The standard InChI is InChI=1S/C27H26ClN3O6S/c1-37-22-10-8-21(9-11-22)31-26(33)17-24(27(31)34)30(25(32)16-19-2-6-20(28)7-3-19)15-14-18-4-12-23(13-5-18)38(29,35)36/h2-13,24H,14-17H2,1H3,(H2,29,35,36). The normalized spacial score (nSPS) is 15.6. The Morgan fingerprint density at radius 3 is 2.18 bits per heavy atom. The average molecular weight is 556 g/mol. The summed E-state index contributed by atoms with van der Waals surface area (Å²) in [6.07, 6.45) is 0.196. The molecule has 1 aliphatic rings. The topological polar surface area (TPSA) is 127 Å². The zero-order valence-electron chi connectivity index (χ0n) is 20.5. The lowest BCUT2D eigenvalue weighted by molar-refractivity contribution is -0.137. The highest BCUT2D eigenvalue weighted by atomic mass is 35.5. The number of hydrogen-bond donors (Lipinski definition) is 1. The van der Waals surface area contributed by atoms with E-state index in [4.69, 9.17) is 21.5 Å². The molecule has 1 saturated heterocycles. The lowest BCUT2D eigenvalue weighted by Crippen LogP contribution is -2.47. The molecule has 0 spiro atoms. The van der Waals surface area contributed by atoms with Crippen molar-refractivity contribution in [3.8, 4) is 5.75 Å². The predicted molar refractivity (Wildman–Crippen MR) is 142 cm³/mol. The number of nitrogens with zero attached hydrogens (tertiary/aromatic N) is 2. The Hall–Kier alpha value is -3.73. The number of anilines is 1. The van der Waals surface area contributed by atoms with Crippen LogP contribution in [0.5, 0.6) is 5.75 Å². The van der Waals surface area contributed by atoms with Crippen LogP contribution >= 0.6 is 11.6 Å². The minimum atomic E-state index is -3.83. The number of carbonyl (C=O) groups is 3. The molecule has 198 valence electrons. The molecule has 1 fully saturated rings. The highest BCUT2D eigenvalue weighted by molar-refractivity contribution is 7.89. The number of ether oxygens (including phenoxy) is 1. The Labute approximate surface area is 225 Å². The average Bonchev–Trinajstić information content (AvgIpc) is 3.18. The third-order valence-corrected chi connectivity index (χ3v) is 7.49. The van der Waals surface area contributed by atoms with Crippen LogP contribution < -0.4 is 14.8 Å². The third-order valence-electron chi connectivity index (χ3n) is 6.31. The summed E-state index contributed by atoms with van der Waals surface area (Å²) in [5.41, 5.74) is 1.85. The molecule has 1 unspecified atom stereocenters. The Morgan fingerprint density at radius 1 is 1.00 bits per heavy atom. The van der Waals surface area contributed by atoms with E-state index in [1.54, 1.807) is 60.7 Å². The van der Waals surface area contributed by atoms with E-state index >= 15 is 0 Å². The zero-order chi connectivity index (χ0) is 27.4. The highest BCUT2D eigenvalue weighted by Gasteiger charge is 2.44. The van der Waals surface area contributed by atoms with E-state index in [-0.39, 0.29) is 30.2 Å². The van der Waals surface area contributed by atoms with Gasteiger partial charge in [-0.25, -0.2) is 18.5 Å². The van der Waals surface area contributed by atoms with Gasteiger partial charge < -0.3 is 9.64 Å². The lowest BCUT2D eigenvalue weighted by Gasteiger charge is -2.28. The van der Waals surface area contributed by atoms with Gasteiger partial charge in [0, 0.05) is 11.6 Å². The molecule has 1 atom stereocenters. The Kier molecular flexibility index (Phi) is 8.15. The number of amides is 3. The van der Waals surface area contributed by atoms with Crippen molar-refractivity contribution in [2.24, 2.45) is 5.14 Å². The smallest absolute Gasteiger partial charge is 0.257 e. The van der Waals surface area contributed by atoms with E-state index in [0.29, 0.717) is 28.4 Å². The fourth-order valence-electron chi connectivity index (χ4n) is 4.29. The van der Waals surface area contributed by atoms with Crippen molar-refractivity contribution >= 4 is 45.0 Å². The van der Waals surface area contributed by atoms with Crippen LogP contribution in [0.2, 0.25) is 5.02 Å². The summed E-state index contributed by atoms with van der Waals surface area (Å²) < 4.78 is 28.3. The second-order valence-corrected chi connectivity index (χ2v) is 10.8. The van der Waals surface area contributed by atoms with Gasteiger partial charge in [0.15, 0.2) is 0 Å². The van der Waals surface area contributed by atoms with Crippen molar-refractivity contribution in [3.63, 3.8) is 0 Å². The molecule has 3 amide bonds. The summed E-state index contributed by atoms with van der Waals surface area (Å²) in [6.45, 7) is 0.140. The van der Waals surface area contributed by atoms with Crippen LogP contribution in [-0.4, -0.2) is 50.7 Å². The SMILES string of the molecule is COc1ccc(N2C(=O)CC(N(CCc3ccc(S(N)(=O)=O)cc3)C(=O)Cc3ccc(Cl)cc3)C2=O)cc1. The number of halogens is 1. The van der Waals surface area contributed by atoms with Gasteiger partial charge in [0.2, 0.25) is 21.8 Å². The summed E-state index contributed by atoms with van der Waals surface area (Å²) in [6, 6.07) is 18.4. The van der Waals surface area contributed by atoms with Gasteiger partial charge in [-0.05, 0) is 66.1 Å². The van der Waals surface area contributed by atoms with Crippen LogP contribution in [0.1, 0.15) is 17.5 Å². The fourth-order valence-corrected chi connectivity index (χ4v) is 4.93. The Balaban J connectivity index is 1.58. The molecule has 0 aliphatic carbocycles. The molecule has 9 nitrogen and oxygen atoms in total. The van der Waals surface area contributed by atoms with Gasteiger partial charge in [-0.15, -0.1) is 0 Å². The maximum Gasteiger partial charge on any atom is 0.257 e. The van der Waals surface area contributed by atoms with Gasteiger partial charge in [0.25, 0.3) is 5.91 Å². The first-order valence-corrected chi connectivity index (χ1v) is 13.7. The Bertz CT molecular complexity index is 1440. The number of carbonyl (C=O) groups excluding carboxylic acids is 3. The molecule has 4 rings (SSSR count). The molecule has 0 saturated carbocycles. The van der Waals surface area contributed by atoms with Crippen LogP contribution in [0.15, 0.2) is 77.7 Å². The molecule has 1 heterocycles. The first kappa shape index (κ1) is 27.3. The van der Waals surface area contributed by atoms with E-state index in [0.717, 1.165) is 10.5 Å². The molecular weight excluding hydrogens is 530 g/mol. The number of primary sulfonamides is 1. The fraction of sp³-hybridized carbons (Fsp3) is 0.222. The summed E-state index contributed by atoms with van der Waals surface area (Å²) in [7, 11) is -2.32. The quantitative estimate of drug-likeness (QED) is 0.404. The van der Waals surface area contributed by atoms with Gasteiger partial charge >= 0.3 is 0 Å². The minimum Gasteiger partial charge on any atom is -0.497 e. The first-order chi connectivity index (χ1) is 18.1. The van der Waals surface area contributed by atoms with Gasteiger partial charge in [0.1, 0.15) is 11.8 Å². The molecule has 3 aromatic carbocycles. The summed E-state index contributed by atoms with van der Waals surface area (Å²) in [5, 5.41) is 5.70. The summed E-state index contributed by atoms with van der Waals surface area (Å²) >= 11 is 5.96. The number of sulfonamides is 1. The van der Waals surface area contributed by atoms with Crippen molar-refractivity contribution in [1.29, 1.82) is 0 Å². The molecule has 11 heteroatoms. The van der Waals surface area contributed by atoms with E-state index in [2.05, 4.69) is 0 Å². The number of hydrogen-bond acceptors (Lipinski definition) is 6. The summed E-state index contributed by atoms with van der Waals surface area (Å²) in [5.74, 6) is -0.644. The summed E-state index contributed by atoms with van der Waals surface area (Å²) in [4.78, 5) is 42.4. The second kappa shape index (κ2) is 11.3. The maximum absolute atomic E-state index is 13.5. The van der Waals surface area contributed by atoms with Crippen molar-refractivity contribution in [3.05, 3.63) is 88.9 Å². The number of methoxy groups -OCH3 is 1. The number of imide groups is 1. The number of benzene rings is 3. The predicted octanol–water partition coefficient (Wildman–Crippen LogP) is 2.94. The van der Waals surface area contributed by atoms with E-state index < -0.39 is 27.9 Å². The first-order valence-electron chi connectivity index (χ1n) is 11.7. The molecule has 0 aromatic heterocycles. The van der Waals surface area contributed by atoms with E-state index in [1.165, 1.54) is 24.1 Å². The zero-order valence-corrected chi connectivity index (χ0v) is 22.1. The van der Waals surface area contributed by atoms with Crippen molar-refractivity contribution < 1.29 is 27.5 Å². The monoisotopic (exact) mass is 555 g/mol. The van der Waals surface area contributed by atoms with Crippen LogP contribution in [0.3, 0.4) is 0 Å². The third kappa shape index (κ3) is 6.21. The molecule has 2 N–H and O–H groups in total. The minimum absolute atomic E-state index is 0.0159. The van der Waals surface area contributed by atoms with Crippen LogP contribution in [0.4, 0.5) is 5.69 Å². The van der Waals surface area contributed by atoms with Crippen molar-refractivity contribution in [2.45, 2.75) is 30.2 Å². The number of nitrogens with two attached hydrogens (primary N) is 1. The van der Waals surface area contributed by atoms with E-state index in [9.17, 15) is 22.8 Å². The molecule has 1 aliphatic heterocycles. The lowest BCUT2D eigenvalue weighted by atomic mass is 10.1. The maximum atomic E-state index is 13.5. The largest absolute Gasteiger partial charge is 0.497 e. The molecular formula is C27H26ClN3O6S. The van der Waals surface area contributed by atoms with Gasteiger partial charge in [-0.3, -0.25) is 14.4 Å². The van der Waals surface area contributed by atoms with Crippen LogP contribution in [0, 0.1) is 0 Å². The van der Waals surface area contributed by atoms with Gasteiger partial charge in [-0.2, -0.15) is 0 Å². The second-order valence-electron chi connectivity index (χ2n) is 8.81. The van der Waals surface area contributed by atoms with Crippen LogP contribution in [0.25, 0.3) is 0 Å². The van der Waals surface area contributed by atoms with Crippen molar-refractivity contribution in [1.82, 2.24) is 4.90 Å². The van der Waals surface area contributed by atoms with Gasteiger partial charge in [-0.1, -0.05) is 35.9 Å². The molecule has 38 heavy (non-hydrogen) atoms. The molecule has 0 bridgehead atoms. The van der Waals surface area contributed by atoms with Gasteiger partial charge in [0.05, 0.1) is 30.5 Å². The molecule has 0 radical (unpaired) electrons. The van der Waals surface area contributed by atoms with Crippen molar-refractivity contribution in [2.75, 3.05) is 18.6 Å². The molecule has 3 aromatic rings.